The Morgan fingerprint density at radius 3 is 3.00 bits per heavy atom. The number of nitrogens with zero attached hydrogens (tertiary/aromatic N) is 2. The molecule has 0 saturated heterocycles. The van der Waals surface area contributed by atoms with E-state index in [9.17, 15) is 0 Å². The van der Waals surface area contributed by atoms with Gasteiger partial charge >= 0.3 is 0 Å². The van der Waals surface area contributed by atoms with Gasteiger partial charge in [0.05, 0.1) is 16.6 Å². The Morgan fingerprint density at radius 2 is 2.29 bits per heavy atom. The van der Waals surface area contributed by atoms with Crippen LogP contribution < -0.4 is 5.32 Å². The lowest BCUT2D eigenvalue weighted by atomic mass is 10.4. The number of aromatic nitrogens is 2. The van der Waals surface area contributed by atoms with Crippen molar-refractivity contribution in [1.29, 1.82) is 0 Å². The first kappa shape index (κ1) is 11.3. The molecule has 2 heterocycles. The lowest BCUT2D eigenvalue weighted by Gasteiger charge is -2.06. The van der Waals surface area contributed by atoms with Crippen molar-refractivity contribution < 1.29 is 0 Å². The number of halogens is 1. The van der Waals surface area contributed by atoms with Crippen molar-refractivity contribution >= 4 is 22.9 Å². The maximum Gasteiger partial charge on any atom is 0.0931 e. The molecule has 3 rings (SSSR count). The molecule has 0 atom stereocenters. The van der Waals surface area contributed by atoms with E-state index in [2.05, 4.69) is 22.5 Å². The van der Waals surface area contributed by atoms with E-state index >= 15 is 0 Å². The Balaban J connectivity index is 1.67. The third-order valence-electron chi connectivity index (χ3n) is 2.89. The number of hydrogen-bond acceptors (Lipinski definition) is 3. The van der Waals surface area contributed by atoms with Gasteiger partial charge in [0.15, 0.2) is 0 Å². The summed E-state index contributed by atoms with van der Waals surface area (Å²) in [5, 5.41) is 7.87. The van der Waals surface area contributed by atoms with E-state index in [1.807, 2.05) is 16.9 Å². The minimum absolute atomic E-state index is 0.731. The van der Waals surface area contributed by atoms with Crippen LogP contribution in [-0.2, 0) is 13.1 Å². The monoisotopic (exact) mass is 267 g/mol. The average molecular weight is 268 g/mol. The van der Waals surface area contributed by atoms with Crippen LogP contribution in [0.15, 0.2) is 24.4 Å². The quantitative estimate of drug-likeness (QED) is 0.903. The first-order valence-electron chi connectivity index (χ1n) is 5.79. The smallest absolute Gasteiger partial charge is 0.0931 e. The molecular formula is C12H14ClN3S. The maximum atomic E-state index is 5.93. The molecule has 0 bridgehead atoms. The predicted octanol–water partition coefficient (Wildman–Crippen LogP) is 2.90. The summed E-state index contributed by atoms with van der Waals surface area (Å²) in [4.78, 5) is 1.24. The molecule has 1 fully saturated rings. The summed E-state index contributed by atoms with van der Waals surface area (Å²) in [7, 11) is 0. The van der Waals surface area contributed by atoms with E-state index in [0.29, 0.717) is 0 Å². The van der Waals surface area contributed by atoms with Crippen LogP contribution in [0.4, 0.5) is 0 Å². The molecular weight excluding hydrogens is 254 g/mol. The molecule has 0 spiro atoms. The molecule has 0 unspecified atom stereocenters. The predicted molar refractivity (Wildman–Crippen MR) is 70.5 cm³/mol. The maximum absolute atomic E-state index is 5.93. The molecule has 0 amide bonds. The Kier molecular flexibility index (Phi) is 3.18. The van der Waals surface area contributed by atoms with Gasteiger partial charge in [-0.25, -0.2) is 0 Å². The van der Waals surface area contributed by atoms with Gasteiger partial charge in [-0.05, 0) is 31.0 Å². The van der Waals surface area contributed by atoms with Crippen molar-refractivity contribution in [1.82, 2.24) is 15.1 Å². The van der Waals surface area contributed by atoms with Crippen molar-refractivity contribution in [2.75, 3.05) is 0 Å². The number of rotatable bonds is 5. The zero-order chi connectivity index (χ0) is 11.7. The van der Waals surface area contributed by atoms with Gasteiger partial charge in [0.25, 0.3) is 0 Å². The van der Waals surface area contributed by atoms with Gasteiger partial charge in [-0.1, -0.05) is 11.6 Å². The Labute approximate surface area is 109 Å². The zero-order valence-electron chi connectivity index (χ0n) is 9.40. The van der Waals surface area contributed by atoms with Crippen LogP contribution >= 0.6 is 22.9 Å². The fourth-order valence-corrected chi connectivity index (χ4v) is 2.84. The molecule has 17 heavy (non-hydrogen) atoms. The minimum Gasteiger partial charge on any atom is -0.308 e. The molecule has 1 saturated carbocycles. The number of nitrogens with one attached hydrogen (secondary N) is 1. The van der Waals surface area contributed by atoms with Crippen LogP contribution in [0.1, 0.15) is 23.4 Å². The Bertz CT molecular complexity index is 501. The highest BCUT2D eigenvalue weighted by Crippen LogP contribution is 2.23. The third kappa shape index (κ3) is 2.89. The lowest BCUT2D eigenvalue weighted by Crippen LogP contribution is -2.18. The topological polar surface area (TPSA) is 29.9 Å². The molecule has 0 radical (unpaired) electrons. The first-order valence-corrected chi connectivity index (χ1v) is 6.99. The summed E-state index contributed by atoms with van der Waals surface area (Å²) in [6.07, 6.45) is 4.49. The van der Waals surface area contributed by atoms with Crippen LogP contribution in [0.5, 0.6) is 0 Å². The lowest BCUT2D eigenvalue weighted by molar-refractivity contribution is 0.596. The third-order valence-corrected chi connectivity index (χ3v) is 4.10. The standard InChI is InChI=1S/C12H14ClN3S/c13-12-4-3-11(17-12)8-16-10(5-6-15-16)7-14-9-1-2-9/h3-6,9,14H,1-2,7-8H2. The summed E-state index contributed by atoms with van der Waals surface area (Å²) in [5.41, 5.74) is 1.24. The molecule has 1 aliphatic carbocycles. The van der Waals surface area contributed by atoms with Crippen molar-refractivity contribution in [2.24, 2.45) is 0 Å². The Morgan fingerprint density at radius 1 is 1.41 bits per heavy atom. The Hall–Kier alpha value is -0.840. The number of hydrogen-bond donors (Lipinski definition) is 1. The second-order valence-electron chi connectivity index (χ2n) is 4.34. The van der Waals surface area contributed by atoms with E-state index in [1.165, 1.54) is 23.4 Å². The summed E-state index contributed by atoms with van der Waals surface area (Å²) in [6.45, 7) is 1.72. The van der Waals surface area contributed by atoms with Crippen LogP contribution in [-0.4, -0.2) is 15.8 Å². The van der Waals surface area contributed by atoms with Crippen molar-refractivity contribution in [2.45, 2.75) is 32.0 Å². The van der Waals surface area contributed by atoms with E-state index in [4.69, 9.17) is 11.6 Å². The van der Waals surface area contributed by atoms with Gasteiger partial charge in [0.2, 0.25) is 0 Å². The van der Waals surface area contributed by atoms with Crippen molar-refractivity contribution in [3.8, 4) is 0 Å². The van der Waals surface area contributed by atoms with Gasteiger partial charge in [-0.2, -0.15) is 5.10 Å². The minimum atomic E-state index is 0.731. The van der Waals surface area contributed by atoms with Crippen LogP contribution in [0, 0.1) is 0 Å². The molecule has 2 aromatic rings. The second-order valence-corrected chi connectivity index (χ2v) is 6.14. The van der Waals surface area contributed by atoms with Crippen LogP contribution in [0.2, 0.25) is 4.34 Å². The highest BCUT2D eigenvalue weighted by molar-refractivity contribution is 7.16. The molecule has 90 valence electrons. The molecule has 1 N–H and O–H groups in total. The molecule has 5 heteroatoms. The van der Waals surface area contributed by atoms with Gasteiger partial charge in [-0.15, -0.1) is 11.3 Å². The van der Waals surface area contributed by atoms with E-state index < -0.39 is 0 Å². The van der Waals surface area contributed by atoms with Crippen LogP contribution in [0.3, 0.4) is 0 Å². The molecule has 1 aliphatic rings. The largest absolute Gasteiger partial charge is 0.308 e. The van der Waals surface area contributed by atoms with E-state index in [-0.39, 0.29) is 0 Å². The molecule has 2 aromatic heterocycles. The fraction of sp³-hybridized carbons (Fsp3) is 0.417. The first-order chi connectivity index (χ1) is 8.31. The number of thiophene rings is 1. The fourth-order valence-electron chi connectivity index (χ4n) is 1.77. The average Bonchev–Trinajstić information content (AvgIpc) is 2.90. The van der Waals surface area contributed by atoms with E-state index in [1.54, 1.807) is 11.3 Å². The summed E-state index contributed by atoms with van der Waals surface area (Å²) >= 11 is 7.54. The summed E-state index contributed by atoms with van der Waals surface area (Å²) in [6, 6.07) is 6.81. The highest BCUT2D eigenvalue weighted by Gasteiger charge is 2.20. The van der Waals surface area contributed by atoms with E-state index in [0.717, 1.165) is 23.5 Å². The van der Waals surface area contributed by atoms with Gasteiger partial charge in [0, 0.05) is 23.7 Å². The summed E-state index contributed by atoms with van der Waals surface area (Å²) < 4.78 is 2.88. The molecule has 0 aliphatic heterocycles. The molecule has 0 aromatic carbocycles. The van der Waals surface area contributed by atoms with Crippen LogP contribution in [0.25, 0.3) is 0 Å². The molecule has 3 nitrogen and oxygen atoms in total. The highest BCUT2D eigenvalue weighted by atomic mass is 35.5. The van der Waals surface area contributed by atoms with Crippen molar-refractivity contribution in [3.63, 3.8) is 0 Å². The van der Waals surface area contributed by atoms with Gasteiger partial charge in [-0.3, -0.25) is 4.68 Å². The van der Waals surface area contributed by atoms with Gasteiger partial charge in [0.1, 0.15) is 0 Å². The SMILES string of the molecule is Clc1ccc(Cn2nccc2CNC2CC2)s1. The second kappa shape index (κ2) is 4.80. The summed E-state index contributed by atoms with van der Waals surface area (Å²) in [5.74, 6) is 0. The van der Waals surface area contributed by atoms with Gasteiger partial charge < -0.3 is 5.32 Å². The normalized spacial score (nSPS) is 15.4. The zero-order valence-corrected chi connectivity index (χ0v) is 11.0. The van der Waals surface area contributed by atoms with Crippen molar-refractivity contribution in [3.05, 3.63) is 39.3 Å².